The molecule has 126 valence electrons. The molecule has 6 heteroatoms. The van der Waals surface area contributed by atoms with Crippen LogP contribution >= 0.6 is 0 Å². The lowest BCUT2D eigenvalue weighted by molar-refractivity contribution is -0.143. The molecule has 2 aromatic rings. The van der Waals surface area contributed by atoms with Crippen molar-refractivity contribution in [2.24, 2.45) is 0 Å². The molecule has 0 aliphatic carbocycles. The van der Waals surface area contributed by atoms with Crippen LogP contribution in [0.25, 0.3) is 0 Å². The molecule has 2 atom stereocenters. The van der Waals surface area contributed by atoms with E-state index in [1.54, 1.807) is 31.5 Å². The summed E-state index contributed by atoms with van der Waals surface area (Å²) >= 11 is 0. The first-order valence-electron chi connectivity index (χ1n) is 7.56. The molecular formula is C18H20N2O4. The fourth-order valence-corrected chi connectivity index (χ4v) is 2.36. The van der Waals surface area contributed by atoms with E-state index in [-0.39, 0.29) is 6.61 Å². The third-order valence-corrected chi connectivity index (χ3v) is 3.58. The summed E-state index contributed by atoms with van der Waals surface area (Å²) in [6.45, 7) is 1.87. The fraction of sp³-hybridized carbons (Fsp3) is 0.278. The number of aromatic nitrogens is 1. The maximum Gasteiger partial charge on any atom is 0.407 e. The number of pyridine rings is 1. The molecular weight excluding hydrogens is 308 g/mol. The zero-order valence-corrected chi connectivity index (χ0v) is 13.6. The molecule has 1 N–H and O–H groups in total. The van der Waals surface area contributed by atoms with Gasteiger partial charge in [-0.3, -0.25) is 9.78 Å². The van der Waals surface area contributed by atoms with Gasteiger partial charge < -0.3 is 14.8 Å². The Bertz CT molecular complexity index is 661. The number of amides is 1. The van der Waals surface area contributed by atoms with Crippen LogP contribution in [0.15, 0.2) is 54.9 Å². The summed E-state index contributed by atoms with van der Waals surface area (Å²) in [6.07, 6.45) is 2.66. The average molecular weight is 328 g/mol. The maximum atomic E-state index is 12.1. The molecule has 6 nitrogen and oxygen atoms in total. The number of alkyl carbamates (subject to hydrolysis) is 1. The fourth-order valence-electron chi connectivity index (χ4n) is 2.36. The number of rotatable bonds is 6. The van der Waals surface area contributed by atoms with Crippen molar-refractivity contribution in [3.63, 3.8) is 0 Å². The van der Waals surface area contributed by atoms with E-state index in [0.29, 0.717) is 0 Å². The lowest BCUT2D eigenvalue weighted by Gasteiger charge is -2.23. The summed E-state index contributed by atoms with van der Waals surface area (Å²) in [5.41, 5.74) is 1.60. The van der Waals surface area contributed by atoms with Crippen molar-refractivity contribution < 1.29 is 19.1 Å². The van der Waals surface area contributed by atoms with Crippen molar-refractivity contribution in [1.82, 2.24) is 10.3 Å². The van der Waals surface area contributed by atoms with Crippen LogP contribution in [0, 0.1) is 0 Å². The van der Waals surface area contributed by atoms with Gasteiger partial charge in [-0.2, -0.15) is 0 Å². The van der Waals surface area contributed by atoms with Crippen LogP contribution in [-0.4, -0.2) is 30.2 Å². The SMILES string of the molecule is COC(=O)[C@@H](c1ccccc1)C(C)NC(=O)OCc1ccncc1. The van der Waals surface area contributed by atoms with Crippen LogP contribution in [0.2, 0.25) is 0 Å². The average Bonchev–Trinajstić information content (AvgIpc) is 2.61. The third-order valence-electron chi connectivity index (χ3n) is 3.58. The highest BCUT2D eigenvalue weighted by molar-refractivity contribution is 5.80. The number of carbonyl (C=O) groups is 2. The summed E-state index contributed by atoms with van der Waals surface area (Å²) in [5.74, 6) is -1.02. The van der Waals surface area contributed by atoms with E-state index < -0.39 is 24.0 Å². The van der Waals surface area contributed by atoms with Gasteiger partial charge in [-0.1, -0.05) is 30.3 Å². The summed E-state index contributed by atoms with van der Waals surface area (Å²) in [7, 11) is 1.33. The molecule has 1 heterocycles. The van der Waals surface area contributed by atoms with Gasteiger partial charge in [-0.25, -0.2) is 4.79 Å². The Kier molecular flexibility index (Phi) is 6.31. The monoisotopic (exact) mass is 328 g/mol. The molecule has 1 amide bonds. The summed E-state index contributed by atoms with van der Waals surface area (Å²) < 4.78 is 10.0. The highest BCUT2D eigenvalue weighted by Gasteiger charge is 2.29. The summed E-state index contributed by atoms with van der Waals surface area (Å²) in [5, 5.41) is 2.69. The van der Waals surface area contributed by atoms with Crippen LogP contribution in [-0.2, 0) is 20.9 Å². The van der Waals surface area contributed by atoms with Crippen LogP contribution in [0.5, 0.6) is 0 Å². The number of hydrogen-bond donors (Lipinski definition) is 1. The number of benzene rings is 1. The Morgan fingerprint density at radius 1 is 1.12 bits per heavy atom. The Hall–Kier alpha value is -2.89. The maximum absolute atomic E-state index is 12.1. The van der Waals surface area contributed by atoms with Crippen molar-refractivity contribution in [2.75, 3.05) is 7.11 Å². The minimum atomic E-state index is -0.607. The Balaban J connectivity index is 1.98. The smallest absolute Gasteiger partial charge is 0.407 e. The largest absolute Gasteiger partial charge is 0.468 e. The molecule has 0 bridgehead atoms. The normalized spacial score (nSPS) is 12.8. The number of nitrogens with one attached hydrogen (secondary N) is 1. The van der Waals surface area contributed by atoms with Gasteiger partial charge in [-0.05, 0) is 30.2 Å². The molecule has 0 aliphatic rings. The van der Waals surface area contributed by atoms with Crippen molar-refractivity contribution in [3.05, 3.63) is 66.0 Å². The van der Waals surface area contributed by atoms with Gasteiger partial charge in [0.25, 0.3) is 0 Å². The van der Waals surface area contributed by atoms with Crippen molar-refractivity contribution in [2.45, 2.75) is 25.5 Å². The topological polar surface area (TPSA) is 77.5 Å². The first-order chi connectivity index (χ1) is 11.6. The predicted octanol–water partition coefficient (Wildman–Crippen LogP) is 2.65. The van der Waals surface area contributed by atoms with E-state index >= 15 is 0 Å². The molecule has 1 aromatic carbocycles. The first kappa shape index (κ1) is 17.5. The van der Waals surface area contributed by atoms with E-state index in [2.05, 4.69) is 10.3 Å². The molecule has 0 saturated heterocycles. The third kappa shape index (κ3) is 4.81. The number of hydrogen-bond acceptors (Lipinski definition) is 5. The standard InChI is InChI=1S/C18H20N2O4/c1-13(16(17(21)23-2)15-6-4-3-5-7-15)20-18(22)24-12-14-8-10-19-11-9-14/h3-11,13,16H,12H2,1-2H3,(H,20,22)/t13?,16-/m1/s1. The number of carbonyl (C=O) groups excluding carboxylic acids is 2. The zero-order valence-electron chi connectivity index (χ0n) is 13.6. The van der Waals surface area contributed by atoms with Crippen LogP contribution in [0.1, 0.15) is 24.0 Å². The van der Waals surface area contributed by atoms with Gasteiger partial charge in [0.1, 0.15) is 12.5 Å². The number of ether oxygens (including phenoxy) is 2. The summed E-state index contributed by atoms with van der Waals surface area (Å²) in [4.78, 5) is 28.0. The van der Waals surface area contributed by atoms with Crippen molar-refractivity contribution >= 4 is 12.1 Å². The molecule has 0 saturated carbocycles. The van der Waals surface area contributed by atoms with Gasteiger partial charge in [0.15, 0.2) is 0 Å². The van der Waals surface area contributed by atoms with Gasteiger partial charge in [0.2, 0.25) is 0 Å². The van der Waals surface area contributed by atoms with E-state index in [0.717, 1.165) is 11.1 Å². The Labute approximate surface area is 140 Å². The molecule has 0 fully saturated rings. The van der Waals surface area contributed by atoms with Crippen LogP contribution < -0.4 is 5.32 Å². The Morgan fingerprint density at radius 3 is 2.42 bits per heavy atom. The highest BCUT2D eigenvalue weighted by Crippen LogP contribution is 2.21. The lowest BCUT2D eigenvalue weighted by Crippen LogP contribution is -2.40. The first-order valence-corrected chi connectivity index (χ1v) is 7.56. The second kappa shape index (κ2) is 8.67. The van der Waals surface area contributed by atoms with Gasteiger partial charge in [0.05, 0.1) is 7.11 Å². The van der Waals surface area contributed by atoms with Crippen LogP contribution in [0.4, 0.5) is 4.79 Å². The Morgan fingerprint density at radius 2 is 1.79 bits per heavy atom. The number of nitrogens with zero attached hydrogens (tertiary/aromatic N) is 1. The molecule has 0 spiro atoms. The molecule has 2 rings (SSSR count). The summed E-state index contributed by atoms with van der Waals surface area (Å²) in [6, 6.07) is 12.2. The number of methoxy groups -OCH3 is 1. The molecule has 0 radical (unpaired) electrons. The van der Waals surface area contributed by atoms with E-state index in [9.17, 15) is 9.59 Å². The quantitative estimate of drug-likeness (QED) is 0.825. The van der Waals surface area contributed by atoms with Gasteiger partial charge in [0, 0.05) is 18.4 Å². The van der Waals surface area contributed by atoms with Crippen molar-refractivity contribution in [3.8, 4) is 0 Å². The van der Waals surface area contributed by atoms with E-state index in [4.69, 9.17) is 9.47 Å². The predicted molar refractivity (Wildman–Crippen MR) is 88.2 cm³/mol. The minimum absolute atomic E-state index is 0.134. The lowest BCUT2D eigenvalue weighted by atomic mass is 9.92. The van der Waals surface area contributed by atoms with E-state index in [1.807, 2.05) is 30.3 Å². The number of esters is 1. The van der Waals surface area contributed by atoms with E-state index in [1.165, 1.54) is 7.11 Å². The second-order valence-corrected chi connectivity index (χ2v) is 5.28. The molecule has 24 heavy (non-hydrogen) atoms. The second-order valence-electron chi connectivity index (χ2n) is 5.28. The molecule has 1 aromatic heterocycles. The van der Waals surface area contributed by atoms with Gasteiger partial charge >= 0.3 is 12.1 Å². The van der Waals surface area contributed by atoms with Crippen LogP contribution in [0.3, 0.4) is 0 Å². The molecule has 0 aliphatic heterocycles. The zero-order chi connectivity index (χ0) is 17.4. The van der Waals surface area contributed by atoms with Crippen molar-refractivity contribution in [1.29, 1.82) is 0 Å². The minimum Gasteiger partial charge on any atom is -0.468 e. The highest BCUT2D eigenvalue weighted by atomic mass is 16.5. The van der Waals surface area contributed by atoms with Gasteiger partial charge in [-0.15, -0.1) is 0 Å². The molecule has 1 unspecified atom stereocenters.